The van der Waals surface area contributed by atoms with Crippen molar-refractivity contribution in [3.05, 3.63) is 132 Å². The van der Waals surface area contributed by atoms with Crippen LogP contribution in [0.1, 0.15) is 58.2 Å². The molecule has 0 saturated heterocycles. The van der Waals surface area contributed by atoms with Gasteiger partial charge in [-0.15, -0.1) is 4.52 Å². The van der Waals surface area contributed by atoms with Gasteiger partial charge in [0.2, 0.25) is 6.16 Å². The van der Waals surface area contributed by atoms with Crippen molar-refractivity contribution >= 4 is 32.7 Å². The lowest BCUT2D eigenvalue weighted by molar-refractivity contribution is -0.138. The highest BCUT2D eigenvalue weighted by Gasteiger charge is 2.52. The van der Waals surface area contributed by atoms with Crippen LogP contribution < -0.4 is 10.4 Å². The molecule has 0 fully saturated rings. The van der Waals surface area contributed by atoms with Crippen LogP contribution in [0.25, 0.3) is 16.9 Å². The molecule has 10 heteroatoms. The number of hydrogen-bond donors (Lipinski definition) is 1. The fourth-order valence-corrected chi connectivity index (χ4v) is 12.1. The molecule has 7 nitrogen and oxygen atoms in total. The molecular weight excluding hydrogens is 679 g/mol. The van der Waals surface area contributed by atoms with E-state index >= 15 is 0 Å². The Hall–Kier alpha value is -4.71. The van der Waals surface area contributed by atoms with Gasteiger partial charge >= 0.3 is 14.0 Å². The van der Waals surface area contributed by atoms with Crippen molar-refractivity contribution < 1.29 is 27.8 Å². The van der Waals surface area contributed by atoms with Gasteiger partial charge in [0.1, 0.15) is 17.6 Å². The Morgan fingerprint density at radius 1 is 0.902 bits per heavy atom. The molecule has 1 unspecified atom stereocenters. The molecule has 1 N–H and O–H groups in total. The predicted molar refractivity (Wildman–Crippen MR) is 203 cm³/mol. The summed E-state index contributed by atoms with van der Waals surface area (Å²) in [5, 5.41) is 16.4. The van der Waals surface area contributed by atoms with Gasteiger partial charge in [-0.25, -0.2) is 9.07 Å². The molecule has 0 saturated carbocycles. The molecular formula is C41H43FN2O5PSi+. The first kappa shape index (κ1) is 37.5. The van der Waals surface area contributed by atoms with Gasteiger partial charge in [-0.3, -0.25) is 4.79 Å². The molecule has 0 aliphatic carbocycles. The van der Waals surface area contributed by atoms with Crippen LogP contribution in [0.3, 0.4) is 0 Å². The van der Waals surface area contributed by atoms with E-state index in [0.717, 1.165) is 21.8 Å². The Morgan fingerprint density at radius 3 is 1.96 bits per heavy atom. The zero-order valence-electron chi connectivity index (χ0n) is 29.5. The van der Waals surface area contributed by atoms with E-state index in [2.05, 4.69) is 46.5 Å². The number of carbonyl (C=O) groups is 1. The van der Waals surface area contributed by atoms with Crippen molar-refractivity contribution in [2.75, 3.05) is 12.8 Å². The minimum absolute atomic E-state index is 0.0316. The molecule has 0 radical (unpaired) electrons. The summed E-state index contributed by atoms with van der Waals surface area (Å²) in [6, 6.07) is 35.7. The number of halogens is 1. The van der Waals surface area contributed by atoms with Crippen LogP contribution in [0.15, 0.2) is 115 Å². The second kappa shape index (κ2) is 16.5. The third-order valence-electron chi connectivity index (χ3n) is 8.60. The fourth-order valence-electron chi connectivity index (χ4n) is 6.39. The Bertz CT molecular complexity index is 1960. The van der Waals surface area contributed by atoms with Crippen molar-refractivity contribution in [3.63, 3.8) is 0 Å². The molecule has 0 bridgehead atoms. The monoisotopic (exact) mass is 721 g/mol. The van der Waals surface area contributed by atoms with Gasteiger partial charge in [-0.1, -0.05) is 125 Å². The van der Waals surface area contributed by atoms with Gasteiger partial charge in [0.25, 0.3) is 8.32 Å². The fraction of sp³-hybridized carbons (Fsp3) is 0.268. The number of benzene rings is 4. The van der Waals surface area contributed by atoms with Crippen LogP contribution in [0.4, 0.5) is 4.39 Å². The third kappa shape index (κ3) is 8.78. The molecule has 0 amide bonds. The van der Waals surface area contributed by atoms with Crippen molar-refractivity contribution in [2.45, 2.75) is 58.1 Å². The van der Waals surface area contributed by atoms with Gasteiger partial charge in [0, 0.05) is 5.56 Å². The first-order chi connectivity index (χ1) is 24.4. The lowest BCUT2D eigenvalue weighted by Crippen LogP contribution is -2.68. The van der Waals surface area contributed by atoms with Crippen LogP contribution in [0.5, 0.6) is 0 Å². The first-order valence-electron chi connectivity index (χ1n) is 16.9. The molecule has 262 valence electrons. The van der Waals surface area contributed by atoms with E-state index in [1.54, 1.807) is 12.1 Å². The number of hydrogen-bond acceptors (Lipinski definition) is 5. The van der Waals surface area contributed by atoms with Crippen molar-refractivity contribution in [2.24, 2.45) is 0 Å². The van der Waals surface area contributed by atoms with E-state index < -0.39 is 33.5 Å². The average Bonchev–Trinajstić information content (AvgIpc) is 3.49. The Labute approximate surface area is 301 Å². The standard InChI is InChI=1S/C41H42FN2O5PSi/c1-30(2)40-37(39(31-23-25-32(42)26-24-31)43-44(40)33-16-9-6-10-17-33)22-15-27-48-50(47)29-34(28-38(45)46)49-51(41(3,4)5,35-18-11-7-12-19-35)36-20-13-8-14-21-36/h6-14,16-21,23-26,30,34H,27-29H2,1-5H3/p+1/t34-/m0/s1. The van der Waals surface area contributed by atoms with E-state index in [1.165, 1.54) is 12.1 Å². The molecule has 0 aliphatic rings. The molecule has 5 aromatic rings. The van der Waals surface area contributed by atoms with E-state index in [-0.39, 0.29) is 30.9 Å². The zero-order chi connectivity index (χ0) is 36.6. The zero-order valence-corrected chi connectivity index (χ0v) is 31.4. The lowest BCUT2D eigenvalue weighted by atomic mass is 10.00. The lowest BCUT2D eigenvalue weighted by Gasteiger charge is -2.44. The summed E-state index contributed by atoms with van der Waals surface area (Å²) in [6.07, 6.45) is -1.33. The third-order valence-corrected chi connectivity index (χ3v) is 14.8. The van der Waals surface area contributed by atoms with Crippen molar-refractivity contribution in [3.8, 4) is 28.8 Å². The highest BCUT2D eigenvalue weighted by molar-refractivity contribution is 7.39. The predicted octanol–water partition coefficient (Wildman–Crippen LogP) is 8.33. The van der Waals surface area contributed by atoms with Gasteiger partial charge in [-0.2, -0.15) is 5.10 Å². The van der Waals surface area contributed by atoms with Crippen LogP contribution in [-0.2, 0) is 18.3 Å². The largest absolute Gasteiger partial charge is 0.511 e. The summed E-state index contributed by atoms with van der Waals surface area (Å²) < 4.78 is 41.9. The number of aromatic nitrogens is 2. The summed E-state index contributed by atoms with van der Waals surface area (Å²) in [4.78, 5) is 12.1. The van der Waals surface area contributed by atoms with Crippen LogP contribution in [0, 0.1) is 17.7 Å². The van der Waals surface area contributed by atoms with E-state index in [9.17, 15) is 18.9 Å². The Kier molecular flexibility index (Phi) is 12.2. The van der Waals surface area contributed by atoms with Gasteiger partial charge in [-0.05, 0) is 62.3 Å². The van der Waals surface area contributed by atoms with E-state index in [0.29, 0.717) is 16.8 Å². The first-order valence-corrected chi connectivity index (χ1v) is 20.2. The van der Waals surface area contributed by atoms with E-state index in [4.69, 9.17) is 14.0 Å². The van der Waals surface area contributed by atoms with Crippen molar-refractivity contribution in [1.29, 1.82) is 0 Å². The van der Waals surface area contributed by atoms with Crippen LogP contribution in [0.2, 0.25) is 5.04 Å². The summed E-state index contributed by atoms with van der Waals surface area (Å²) >= 11 is 0. The second-order valence-electron chi connectivity index (χ2n) is 13.6. The number of nitrogens with zero attached hydrogens (tertiary/aromatic N) is 2. The maximum absolute atomic E-state index is 13.8. The van der Waals surface area contributed by atoms with Crippen LogP contribution in [-0.4, -0.2) is 48.0 Å². The molecule has 0 spiro atoms. The topological polar surface area (TPSA) is 90.7 Å². The SMILES string of the molecule is CC(C)c1c(C#CCO[P+](=O)C[C@H](CC(=O)O)O[Si](c2ccccc2)(c2ccccc2)C(C)(C)C)c(-c2ccc(F)cc2)nn1-c1ccccc1. The Balaban J connectivity index is 1.43. The molecule has 0 aliphatic heterocycles. The van der Waals surface area contributed by atoms with Gasteiger partial charge in [0.15, 0.2) is 6.61 Å². The van der Waals surface area contributed by atoms with Gasteiger partial charge in [0.05, 0.1) is 23.4 Å². The number of carboxylic acid groups (broad SMARTS) is 1. The Morgan fingerprint density at radius 2 is 1.45 bits per heavy atom. The minimum atomic E-state index is -3.12. The molecule has 51 heavy (non-hydrogen) atoms. The summed E-state index contributed by atoms with van der Waals surface area (Å²) in [6.45, 7) is 10.3. The summed E-state index contributed by atoms with van der Waals surface area (Å²) in [7, 11) is -5.47. The summed E-state index contributed by atoms with van der Waals surface area (Å²) in [5.41, 5.74) is 3.71. The quantitative estimate of drug-likeness (QED) is 0.0747. The van der Waals surface area contributed by atoms with Crippen molar-refractivity contribution in [1.82, 2.24) is 9.78 Å². The molecule has 1 heterocycles. The minimum Gasteiger partial charge on any atom is -0.481 e. The number of rotatable bonds is 13. The van der Waals surface area contributed by atoms with Crippen LogP contribution >= 0.6 is 8.03 Å². The maximum Gasteiger partial charge on any atom is 0.511 e. The highest BCUT2D eigenvalue weighted by atomic mass is 31.1. The smallest absolute Gasteiger partial charge is 0.481 e. The molecule has 4 aromatic carbocycles. The molecule has 2 atom stereocenters. The van der Waals surface area contributed by atoms with Gasteiger partial charge < -0.3 is 9.53 Å². The second-order valence-corrected chi connectivity index (χ2v) is 19.2. The highest BCUT2D eigenvalue weighted by Crippen LogP contribution is 2.39. The molecule has 5 rings (SSSR count). The number of carboxylic acids is 1. The summed E-state index contributed by atoms with van der Waals surface area (Å²) in [5.74, 6) is 4.86. The number of aliphatic carboxylic acids is 1. The number of para-hydroxylation sites is 1. The molecule has 1 aromatic heterocycles. The maximum atomic E-state index is 13.8. The average molecular weight is 722 g/mol. The normalized spacial score (nSPS) is 12.6. The van der Waals surface area contributed by atoms with E-state index in [1.807, 2.05) is 95.7 Å².